The number of benzene rings is 1. The van der Waals surface area contributed by atoms with Crippen LogP contribution in [0.1, 0.15) is 5.56 Å². The lowest BCUT2D eigenvalue weighted by Crippen LogP contribution is -2.13. The highest BCUT2D eigenvalue weighted by Gasteiger charge is 2.11. The highest BCUT2D eigenvalue weighted by atomic mass is 16.5. The van der Waals surface area contributed by atoms with Gasteiger partial charge >= 0.3 is 0 Å². The van der Waals surface area contributed by atoms with Crippen molar-refractivity contribution < 1.29 is 0 Å². The third-order valence-corrected chi connectivity index (χ3v) is 3.07. The molecular weight excluding hydrogens is 240 g/mol. The molecule has 0 N–H and O–H groups in total. The smallest absolute Gasteiger partial charge is 0.279 e. The fourth-order valence-corrected chi connectivity index (χ4v) is 2.03. The van der Waals surface area contributed by atoms with E-state index in [2.05, 4.69) is 4.98 Å². The number of aromatic nitrogens is 2. The summed E-state index contributed by atoms with van der Waals surface area (Å²) in [5.41, 5.74) is 2.79. The summed E-state index contributed by atoms with van der Waals surface area (Å²) in [5, 5.41) is 11.7. The number of nitrogens with zero attached hydrogens (tertiary/aromatic N) is 2. The van der Waals surface area contributed by atoms with E-state index in [1.54, 1.807) is 18.2 Å². The Hall–Kier alpha value is -2.62. The van der Waals surface area contributed by atoms with Crippen molar-refractivity contribution in [2.24, 2.45) is 0 Å². The highest BCUT2D eigenvalue weighted by molar-refractivity contribution is 5.69. The zero-order valence-corrected chi connectivity index (χ0v) is 10.3. The predicted molar refractivity (Wildman–Crippen MR) is 74.1 cm³/mol. The minimum atomic E-state index is -0.377. The molecule has 1 aromatic rings. The molecule has 1 aromatic carbocycles. The Bertz CT molecular complexity index is 760. The molecule has 0 unspecified atom stereocenters. The summed E-state index contributed by atoms with van der Waals surface area (Å²) in [7, 11) is 0. The zero-order chi connectivity index (χ0) is 13.4. The van der Waals surface area contributed by atoms with E-state index < -0.39 is 0 Å². The Kier molecular flexibility index (Phi) is 2.56. The number of aryl methyl sites for hydroxylation is 1. The van der Waals surface area contributed by atoms with Crippen molar-refractivity contribution in [3.05, 3.63) is 69.8 Å². The normalized spacial score (nSPS) is 10.8. The minimum Gasteiger partial charge on any atom is -0.806 e. The van der Waals surface area contributed by atoms with Gasteiger partial charge in [-0.05, 0) is 31.3 Å². The lowest BCUT2D eigenvalue weighted by Gasteiger charge is -2.18. The highest BCUT2D eigenvalue weighted by Crippen LogP contribution is 2.23. The molecule has 94 valence electrons. The maximum Gasteiger partial charge on any atom is 0.279 e. The van der Waals surface area contributed by atoms with E-state index in [4.69, 9.17) is 0 Å². The fraction of sp³-hybridized carbons (Fsp3) is 0.0667. The molecule has 4 nitrogen and oxygen atoms in total. The summed E-state index contributed by atoms with van der Waals surface area (Å²) < 4.78 is 0.691. The SMILES string of the molecule is Cc1ccc(-c2cc3n([O-])cccc-3c(=O)n2)cc1. The molecule has 2 aliphatic rings. The second-order valence-electron chi connectivity index (χ2n) is 4.45. The van der Waals surface area contributed by atoms with E-state index >= 15 is 0 Å². The van der Waals surface area contributed by atoms with E-state index in [1.165, 1.54) is 6.20 Å². The van der Waals surface area contributed by atoms with Crippen LogP contribution in [0, 0.1) is 12.1 Å². The molecule has 0 spiro atoms. The van der Waals surface area contributed by atoms with Crippen LogP contribution < -0.4 is 5.56 Å². The van der Waals surface area contributed by atoms with Gasteiger partial charge in [-0.2, -0.15) is 0 Å². The molecular formula is C15H11N2O2-. The molecule has 0 amide bonds. The quantitative estimate of drug-likeness (QED) is 0.668. The molecule has 2 aliphatic heterocycles. The van der Waals surface area contributed by atoms with E-state index in [0.29, 0.717) is 21.7 Å². The second kappa shape index (κ2) is 4.24. The number of pyridine rings is 2. The third-order valence-electron chi connectivity index (χ3n) is 3.07. The summed E-state index contributed by atoms with van der Waals surface area (Å²) in [6.07, 6.45) is 1.38. The fourth-order valence-electron chi connectivity index (χ4n) is 2.03. The van der Waals surface area contributed by atoms with E-state index in [-0.39, 0.29) is 5.56 Å². The number of hydrogen-bond acceptors (Lipinski definition) is 3. The van der Waals surface area contributed by atoms with Crippen LogP contribution in [0.15, 0.2) is 53.5 Å². The van der Waals surface area contributed by atoms with Gasteiger partial charge in [0.15, 0.2) is 0 Å². The molecule has 0 saturated heterocycles. The van der Waals surface area contributed by atoms with Crippen LogP contribution in [0.4, 0.5) is 0 Å². The van der Waals surface area contributed by atoms with E-state index in [1.807, 2.05) is 31.2 Å². The Morgan fingerprint density at radius 2 is 1.89 bits per heavy atom. The van der Waals surface area contributed by atoms with Crippen LogP contribution in [0.3, 0.4) is 0 Å². The molecule has 0 atom stereocenters. The van der Waals surface area contributed by atoms with Crippen molar-refractivity contribution >= 4 is 0 Å². The van der Waals surface area contributed by atoms with Crippen LogP contribution in [0.2, 0.25) is 0 Å². The maximum absolute atomic E-state index is 11.9. The van der Waals surface area contributed by atoms with Crippen LogP contribution in [0.25, 0.3) is 22.5 Å². The average Bonchev–Trinajstić information content (AvgIpc) is 2.41. The zero-order valence-electron chi connectivity index (χ0n) is 10.3. The van der Waals surface area contributed by atoms with Gasteiger partial charge in [0.25, 0.3) is 5.56 Å². The van der Waals surface area contributed by atoms with E-state index in [9.17, 15) is 10.0 Å². The van der Waals surface area contributed by atoms with Gasteiger partial charge in [0.1, 0.15) is 0 Å². The summed E-state index contributed by atoms with van der Waals surface area (Å²) >= 11 is 0. The third kappa shape index (κ3) is 1.97. The molecule has 19 heavy (non-hydrogen) atoms. The number of rotatable bonds is 1. The molecule has 0 aromatic heterocycles. The predicted octanol–water partition coefficient (Wildman–Crippen LogP) is 2.67. The largest absolute Gasteiger partial charge is 0.806 e. The van der Waals surface area contributed by atoms with Crippen molar-refractivity contribution in [3.63, 3.8) is 0 Å². The summed E-state index contributed by atoms with van der Waals surface area (Å²) in [4.78, 5) is 16.0. The first kappa shape index (κ1) is 11.5. The molecule has 0 aliphatic carbocycles. The van der Waals surface area contributed by atoms with Crippen LogP contribution in [-0.4, -0.2) is 9.71 Å². The average molecular weight is 251 g/mol. The van der Waals surface area contributed by atoms with Gasteiger partial charge in [-0.25, -0.2) is 4.98 Å². The Morgan fingerprint density at radius 1 is 1.16 bits per heavy atom. The number of fused-ring (bicyclic) bond motifs is 1. The van der Waals surface area contributed by atoms with Crippen molar-refractivity contribution in [2.45, 2.75) is 6.92 Å². The lowest BCUT2D eigenvalue weighted by atomic mass is 10.1. The van der Waals surface area contributed by atoms with Gasteiger partial charge in [-0.1, -0.05) is 29.8 Å². The minimum absolute atomic E-state index is 0.341. The molecule has 0 radical (unpaired) electrons. The first-order valence-electron chi connectivity index (χ1n) is 5.92. The standard InChI is InChI=1S/C15H11N2O2/c1-10-4-6-11(7-5-10)13-9-14-12(15(18)16-13)3-2-8-17(14)19/h2-9H,1H3/q-1. The lowest BCUT2D eigenvalue weighted by molar-refractivity contribution is 1.05. The van der Waals surface area contributed by atoms with Crippen molar-refractivity contribution in [1.82, 2.24) is 9.71 Å². The first-order chi connectivity index (χ1) is 9.15. The first-order valence-corrected chi connectivity index (χ1v) is 5.92. The van der Waals surface area contributed by atoms with Crippen LogP contribution >= 0.6 is 0 Å². The van der Waals surface area contributed by atoms with Gasteiger partial charge in [0.05, 0.1) is 17.0 Å². The van der Waals surface area contributed by atoms with Gasteiger partial charge in [-0.3, -0.25) is 4.79 Å². The molecule has 2 heterocycles. The van der Waals surface area contributed by atoms with E-state index in [0.717, 1.165) is 11.1 Å². The van der Waals surface area contributed by atoms with Crippen LogP contribution in [0.5, 0.6) is 0 Å². The monoisotopic (exact) mass is 251 g/mol. The Balaban J connectivity index is 2.26. The van der Waals surface area contributed by atoms with Crippen molar-refractivity contribution in [3.8, 4) is 22.5 Å². The second-order valence-corrected chi connectivity index (χ2v) is 4.45. The number of hydrogen-bond donors (Lipinski definition) is 0. The molecule has 0 saturated carbocycles. The molecule has 0 fully saturated rings. The van der Waals surface area contributed by atoms with Gasteiger partial charge < -0.3 is 9.94 Å². The summed E-state index contributed by atoms with van der Waals surface area (Å²) in [5.74, 6) is 0. The summed E-state index contributed by atoms with van der Waals surface area (Å²) in [6, 6.07) is 12.5. The van der Waals surface area contributed by atoms with Crippen molar-refractivity contribution in [2.75, 3.05) is 0 Å². The maximum atomic E-state index is 11.9. The Morgan fingerprint density at radius 3 is 2.63 bits per heavy atom. The Labute approximate surface area is 109 Å². The van der Waals surface area contributed by atoms with Gasteiger partial charge in [-0.15, -0.1) is 0 Å². The summed E-state index contributed by atoms with van der Waals surface area (Å²) in [6.45, 7) is 1.99. The topological polar surface area (TPSA) is 58.0 Å². The molecule has 3 rings (SSSR count). The van der Waals surface area contributed by atoms with Gasteiger partial charge in [0.2, 0.25) is 0 Å². The van der Waals surface area contributed by atoms with Crippen LogP contribution in [-0.2, 0) is 0 Å². The molecule has 0 bridgehead atoms. The molecule has 4 heteroatoms. The van der Waals surface area contributed by atoms with Gasteiger partial charge in [0, 0.05) is 5.56 Å². The van der Waals surface area contributed by atoms with Crippen molar-refractivity contribution in [1.29, 1.82) is 0 Å².